The van der Waals surface area contributed by atoms with E-state index in [9.17, 15) is 0 Å². The molecular weight excluding hydrogens is 190 g/mol. The molecule has 0 saturated heterocycles. The second-order valence-corrected chi connectivity index (χ2v) is 3.64. The van der Waals surface area contributed by atoms with Crippen LogP contribution in [0.4, 0.5) is 0 Å². The van der Waals surface area contributed by atoms with E-state index in [4.69, 9.17) is 9.84 Å². The largest absolute Gasteiger partial charge is 0.497 e. The van der Waals surface area contributed by atoms with E-state index in [-0.39, 0.29) is 6.61 Å². The molecule has 3 heteroatoms. The van der Waals surface area contributed by atoms with Crippen molar-refractivity contribution in [1.29, 1.82) is 0 Å². The van der Waals surface area contributed by atoms with Gasteiger partial charge in [0.25, 0.3) is 0 Å². The first-order chi connectivity index (χ1) is 7.26. The van der Waals surface area contributed by atoms with E-state index in [1.165, 1.54) is 5.56 Å². The molecule has 1 atom stereocenters. The molecule has 3 nitrogen and oxygen atoms in total. The lowest BCUT2D eigenvalue weighted by molar-refractivity contribution is 0.268. The number of nitrogens with one attached hydrogen (secondary N) is 1. The second-order valence-electron chi connectivity index (χ2n) is 3.64. The number of methoxy groups -OCH3 is 1. The Balaban J connectivity index is 2.37. The number of ether oxygens (including phenoxy) is 1. The summed E-state index contributed by atoms with van der Waals surface area (Å²) in [6, 6.07) is 8.33. The van der Waals surface area contributed by atoms with Crippen molar-refractivity contribution in [2.45, 2.75) is 25.9 Å². The van der Waals surface area contributed by atoms with E-state index in [0.717, 1.165) is 18.7 Å². The van der Waals surface area contributed by atoms with Crippen LogP contribution >= 0.6 is 0 Å². The molecule has 0 bridgehead atoms. The van der Waals surface area contributed by atoms with Crippen molar-refractivity contribution in [3.63, 3.8) is 0 Å². The van der Waals surface area contributed by atoms with Gasteiger partial charge in [-0.05, 0) is 31.0 Å². The maximum Gasteiger partial charge on any atom is 0.118 e. The fourth-order valence-corrected chi connectivity index (χ4v) is 1.33. The average molecular weight is 209 g/mol. The van der Waals surface area contributed by atoms with Gasteiger partial charge in [-0.3, -0.25) is 0 Å². The summed E-state index contributed by atoms with van der Waals surface area (Å²) in [5.74, 6) is 0.877. The highest BCUT2D eigenvalue weighted by Crippen LogP contribution is 2.11. The predicted molar refractivity (Wildman–Crippen MR) is 61.0 cm³/mol. The average Bonchev–Trinajstić information content (AvgIpc) is 2.27. The molecule has 1 rings (SSSR count). The third-order valence-electron chi connectivity index (χ3n) is 2.38. The molecule has 0 radical (unpaired) electrons. The van der Waals surface area contributed by atoms with Crippen molar-refractivity contribution >= 4 is 0 Å². The molecule has 0 aliphatic rings. The summed E-state index contributed by atoms with van der Waals surface area (Å²) in [7, 11) is 1.66. The maximum atomic E-state index is 8.75. The summed E-state index contributed by atoms with van der Waals surface area (Å²) in [6.45, 7) is 3.13. The standard InChI is InChI=1S/C12H19NO2/c1-10(7-8-14)13-9-11-3-5-12(15-2)6-4-11/h3-6,10,13-14H,7-9H2,1-2H3/t10-/m1/s1. The van der Waals surface area contributed by atoms with Crippen molar-refractivity contribution in [3.05, 3.63) is 29.8 Å². The van der Waals surface area contributed by atoms with E-state index in [1.54, 1.807) is 7.11 Å². The Labute approximate surface area is 91.1 Å². The molecule has 0 spiro atoms. The first-order valence-corrected chi connectivity index (χ1v) is 5.23. The molecule has 2 N–H and O–H groups in total. The quantitative estimate of drug-likeness (QED) is 0.747. The highest BCUT2D eigenvalue weighted by Gasteiger charge is 2.00. The van der Waals surface area contributed by atoms with Gasteiger partial charge in [-0.1, -0.05) is 12.1 Å². The first-order valence-electron chi connectivity index (χ1n) is 5.23. The van der Waals surface area contributed by atoms with Crippen molar-refractivity contribution in [2.75, 3.05) is 13.7 Å². The van der Waals surface area contributed by atoms with Gasteiger partial charge < -0.3 is 15.2 Å². The summed E-state index contributed by atoms with van der Waals surface area (Å²) in [5.41, 5.74) is 1.22. The molecule has 0 aliphatic heterocycles. The van der Waals surface area contributed by atoms with Gasteiger partial charge in [-0.25, -0.2) is 0 Å². The van der Waals surface area contributed by atoms with Crippen molar-refractivity contribution in [3.8, 4) is 5.75 Å². The Morgan fingerprint density at radius 2 is 2.00 bits per heavy atom. The van der Waals surface area contributed by atoms with Crippen molar-refractivity contribution in [1.82, 2.24) is 5.32 Å². The normalized spacial score (nSPS) is 12.5. The van der Waals surface area contributed by atoms with Crippen LogP contribution in [-0.4, -0.2) is 24.9 Å². The summed E-state index contributed by atoms with van der Waals surface area (Å²) in [5, 5.41) is 12.1. The van der Waals surface area contributed by atoms with E-state index in [2.05, 4.69) is 12.2 Å². The third kappa shape index (κ3) is 4.32. The Bertz CT molecular complexity index is 271. The SMILES string of the molecule is COc1ccc(CN[C@H](C)CCO)cc1. The molecule has 15 heavy (non-hydrogen) atoms. The topological polar surface area (TPSA) is 41.5 Å². The zero-order valence-corrected chi connectivity index (χ0v) is 9.36. The monoisotopic (exact) mass is 209 g/mol. The van der Waals surface area contributed by atoms with Gasteiger partial charge in [0.05, 0.1) is 7.11 Å². The van der Waals surface area contributed by atoms with Crippen LogP contribution in [0.3, 0.4) is 0 Å². The van der Waals surface area contributed by atoms with Gasteiger partial charge in [-0.15, -0.1) is 0 Å². The van der Waals surface area contributed by atoms with Crippen LogP contribution in [0.1, 0.15) is 18.9 Å². The van der Waals surface area contributed by atoms with Gasteiger partial charge in [0.1, 0.15) is 5.75 Å². The lowest BCUT2D eigenvalue weighted by atomic mass is 10.2. The lowest BCUT2D eigenvalue weighted by Gasteiger charge is -2.12. The maximum absolute atomic E-state index is 8.75. The van der Waals surface area contributed by atoms with Crippen LogP contribution in [0, 0.1) is 0 Å². The van der Waals surface area contributed by atoms with Gasteiger partial charge in [-0.2, -0.15) is 0 Å². The van der Waals surface area contributed by atoms with Crippen LogP contribution in [0.25, 0.3) is 0 Å². The summed E-state index contributed by atoms with van der Waals surface area (Å²) < 4.78 is 5.08. The minimum absolute atomic E-state index is 0.233. The number of aliphatic hydroxyl groups excluding tert-OH is 1. The smallest absolute Gasteiger partial charge is 0.118 e. The fourth-order valence-electron chi connectivity index (χ4n) is 1.33. The number of aliphatic hydroxyl groups is 1. The van der Waals surface area contributed by atoms with E-state index < -0.39 is 0 Å². The number of hydrogen-bond acceptors (Lipinski definition) is 3. The lowest BCUT2D eigenvalue weighted by Crippen LogP contribution is -2.26. The van der Waals surface area contributed by atoms with Crippen molar-refractivity contribution < 1.29 is 9.84 Å². The molecular formula is C12H19NO2. The van der Waals surface area contributed by atoms with Crippen LogP contribution < -0.4 is 10.1 Å². The summed E-state index contributed by atoms with van der Waals surface area (Å²) in [4.78, 5) is 0. The Kier molecular flexibility index (Phi) is 5.15. The Morgan fingerprint density at radius 1 is 1.33 bits per heavy atom. The molecule has 1 aromatic rings. The highest BCUT2D eigenvalue weighted by molar-refractivity contribution is 5.26. The third-order valence-corrected chi connectivity index (χ3v) is 2.38. The minimum atomic E-state index is 0.233. The highest BCUT2D eigenvalue weighted by atomic mass is 16.5. The first kappa shape index (κ1) is 12.0. The molecule has 0 aromatic heterocycles. The number of rotatable bonds is 6. The molecule has 1 aromatic carbocycles. The van der Waals surface area contributed by atoms with Gasteiger partial charge in [0, 0.05) is 19.2 Å². The fraction of sp³-hybridized carbons (Fsp3) is 0.500. The van der Waals surface area contributed by atoms with Crippen LogP contribution in [0.5, 0.6) is 5.75 Å². The van der Waals surface area contributed by atoms with E-state index >= 15 is 0 Å². The van der Waals surface area contributed by atoms with Crippen LogP contribution in [0.15, 0.2) is 24.3 Å². The number of benzene rings is 1. The predicted octanol–water partition coefficient (Wildman–Crippen LogP) is 1.56. The molecule has 0 amide bonds. The molecule has 0 unspecified atom stereocenters. The zero-order valence-electron chi connectivity index (χ0n) is 9.36. The Morgan fingerprint density at radius 3 is 2.53 bits per heavy atom. The van der Waals surface area contributed by atoms with E-state index in [0.29, 0.717) is 6.04 Å². The van der Waals surface area contributed by atoms with Crippen LogP contribution in [-0.2, 0) is 6.54 Å². The van der Waals surface area contributed by atoms with Crippen LogP contribution in [0.2, 0.25) is 0 Å². The zero-order chi connectivity index (χ0) is 11.1. The number of hydrogen-bond donors (Lipinski definition) is 2. The van der Waals surface area contributed by atoms with Gasteiger partial charge in [0.15, 0.2) is 0 Å². The molecule has 0 heterocycles. The van der Waals surface area contributed by atoms with E-state index in [1.807, 2.05) is 24.3 Å². The molecule has 84 valence electrons. The minimum Gasteiger partial charge on any atom is -0.497 e. The second kappa shape index (κ2) is 6.43. The van der Waals surface area contributed by atoms with Gasteiger partial charge in [0.2, 0.25) is 0 Å². The molecule has 0 saturated carbocycles. The molecule has 0 aliphatic carbocycles. The van der Waals surface area contributed by atoms with Crippen molar-refractivity contribution in [2.24, 2.45) is 0 Å². The summed E-state index contributed by atoms with van der Waals surface area (Å²) >= 11 is 0. The molecule has 0 fully saturated rings. The Hall–Kier alpha value is -1.06. The van der Waals surface area contributed by atoms with Gasteiger partial charge >= 0.3 is 0 Å². The summed E-state index contributed by atoms with van der Waals surface area (Å²) in [6.07, 6.45) is 0.788.